The van der Waals surface area contributed by atoms with Crippen molar-refractivity contribution in [2.45, 2.75) is 26.3 Å². The smallest absolute Gasteiger partial charge is 0.227 e. The van der Waals surface area contributed by atoms with E-state index in [1.54, 1.807) is 18.5 Å². The molecule has 144 valence electrons. The number of hydrogen-bond acceptors (Lipinski definition) is 6. The summed E-state index contributed by atoms with van der Waals surface area (Å²) in [6.45, 7) is 5.67. The first-order chi connectivity index (χ1) is 13.7. The van der Waals surface area contributed by atoms with Crippen LogP contribution in [0.25, 0.3) is 11.3 Å². The molecule has 0 amide bonds. The number of aromatic nitrogens is 3. The van der Waals surface area contributed by atoms with Crippen LogP contribution in [0.1, 0.15) is 25.3 Å². The van der Waals surface area contributed by atoms with Gasteiger partial charge in [0, 0.05) is 36.7 Å². The minimum Gasteiger partial charge on any atom is -0.384 e. The maximum absolute atomic E-state index is 5.67. The standard InChI is InChI=1S/C22H26N6/c1-2-16-9-11-28(14-16)15-17-4-3-5-19(12-17)26-22-24-10-8-20(27-22)18-6-7-21(23)25-13-18/h3-8,10,12-13,16H,2,9,11,14-15H2,1H3,(H2,23,25)(H,24,26,27). The van der Waals surface area contributed by atoms with Gasteiger partial charge in [-0.3, -0.25) is 4.90 Å². The Morgan fingerprint density at radius 1 is 1.18 bits per heavy atom. The Morgan fingerprint density at radius 3 is 2.89 bits per heavy atom. The Hall–Kier alpha value is -2.99. The van der Waals surface area contributed by atoms with Crippen LogP contribution in [0.2, 0.25) is 0 Å². The average molecular weight is 374 g/mol. The Labute approximate surface area is 165 Å². The third-order valence-electron chi connectivity index (χ3n) is 5.27. The van der Waals surface area contributed by atoms with Crippen molar-refractivity contribution in [3.05, 3.63) is 60.4 Å². The molecule has 1 atom stereocenters. The van der Waals surface area contributed by atoms with E-state index in [1.807, 2.05) is 18.2 Å². The highest BCUT2D eigenvalue weighted by Crippen LogP contribution is 2.23. The highest BCUT2D eigenvalue weighted by atomic mass is 15.1. The van der Waals surface area contributed by atoms with E-state index in [4.69, 9.17) is 5.73 Å². The van der Waals surface area contributed by atoms with Crippen LogP contribution in [0, 0.1) is 5.92 Å². The van der Waals surface area contributed by atoms with Crippen molar-refractivity contribution < 1.29 is 0 Å². The highest BCUT2D eigenvalue weighted by molar-refractivity contribution is 5.62. The molecule has 6 heteroatoms. The molecule has 0 radical (unpaired) electrons. The van der Waals surface area contributed by atoms with Crippen molar-refractivity contribution in [2.75, 3.05) is 24.1 Å². The van der Waals surface area contributed by atoms with Gasteiger partial charge in [-0.05, 0) is 54.8 Å². The predicted molar refractivity (Wildman–Crippen MR) is 113 cm³/mol. The van der Waals surface area contributed by atoms with Gasteiger partial charge in [0.2, 0.25) is 5.95 Å². The van der Waals surface area contributed by atoms with Crippen molar-refractivity contribution in [3.63, 3.8) is 0 Å². The number of likely N-dealkylation sites (tertiary alicyclic amines) is 1. The number of nitrogens with one attached hydrogen (secondary N) is 1. The zero-order valence-corrected chi connectivity index (χ0v) is 16.2. The van der Waals surface area contributed by atoms with Gasteiger partial charge in [0.05, 0.1) is 5.69 Å². The number of rotatable bonds is 6. The van der Waals surface area contributed by atoms with Crippen LogP contribution in [0.15, 0.2) is 54.9 Å². The second-order valence-electron chi connectivity index (χ2n) is 7.36. The van der Waals surface area contributed by atoms with Crippen molar-refractivity contribution in [2.24, 2.45) is 5.92 Å². The van der Waals surface area contributed by atoms with Gasteiger partial charge in [-0.25, -0.2) is 15.0 Å². The SMILES string of the molecule is CCC1CCN(Cc2cccc(Nc3nccc(-c4ccc(N)nc4)n3)c2)C1. The summed E-state index contributed by atoms with van der Waals surface area (Å²) in [6.07, 6.45) is 6.06. The van der Waals surface area contributed by atoms with Crippen LogP contribution >= 0.6 is 0 Å². The molecule has 6 nitrogen and oxygen atoms in total. The Balaban J connectivity index is 1.46. The highest BCUT2D eigenvalue weighted by Gasteiger charge is 2.20. The fourth-order valence-electron chi connectivity index (χ4n) is 3.66. The van der Waals surface area contributed by atoms with Gasteiger partial charge in [-0.2, -0.15) is 0 Å². The lowest BCUT2D eigenvalue weighted by Gasteiger charge is -2.16. The molecule has 2 aromatic heterocycles. The number of anilines is 3. The summed E-state index contributed by atoms with van der Waals surface area (Å²) in [4.78, 5) is 15.6. The summed E-state index contributed by atoms with van der Waals surface area (Å²) >= 11 is 0. The van der Waals surface area contributed by atoms with Crippen LogP contribution in [0.4, 0.5) is 17.5 Å². The Kier molecular flexibility index (Phi) is 5.48. The predicted octanol–water partition coefficient (Wildman–Crippen LogP) is 4.10. The van der Waals surface area contributed by atoms with Gasteiger partial charge in [0.15, 0.2) is 0 Å². The monoisotopic (exact) mass is 374 g/mol. The van der Waals surface area contributed by atoms with Gasteiger partial charge < -0.3 is 11.1 Å². The van der Waals surface area contributed by atoms with Crippen LogP contribution < -0.4 is 11.1 Å². The minimum absolute atomic E-state index is 0.497. The van der Waals surface area contributed by atoms with Gasteiger partial charge in [-0.1, -0.05) is 25.5 Å². The summed E-state index contributed by atoms with van der Waals surface area (Å²) in [5.74, 6) is 1.91. The van der Waals surface area contributed by atoms with Crippen LogP contribution in [0.3, 0.4) is 0 Å². The van der Waals surface area contributed by atoms with Crippen molar-refractivity contribution in [3.8, 4) is 11.3 Å². The van der Waals surface area contributed by atoms with E-state index in [0.717, 1.165) is 29.4 Å². The molecule has 3 heterocycles. The van der Waals surface area contributed by atoms with Crippen molar-refractivity contribution >= 4 is 17.5 Å². The fourth-order valence-corrected chi connectivity index (χ4v) is 3.66. The van der Waals surface area contributed by atoms with E-state index < -0.39 is 0 Å². The second-order valence-corrected chi connectivity index (χ2v) is 7.36. The number of benzene rings is 1. The molecule has 4 rings (SSSR count). The topological polar surface area (TPSA) is 80.0 Å². The molecule has 1 fully saturated rings. The van der Waals surface area contributed by atoms with Crippen LogP contribution in [-0.2, 0) is 6.54 Å². The summed E-state index contributed by atoms with van der Waals surface area (Å²) < 4.78 is 0. The average Bonchev–Trinajstić information content (AvgIpc) is 3.17. The van der Waals surface area contributed by atoms with Crippen LogP contribution in [-0.4, -0.2) is 32.9 Å². The molecule has 1 unspecified atom stereocenters. The zero-order valence-electron chi connectivity index (χ0n) is 16.2. The van der Waals surface area contributed by atoms with Gasteiger partial charge >= 0.3 is 0 Å². The van der Waals surface area contributed by atoms with Gasteiger partial charge in [-0.15, -0.1) is 0 Å². The molecule has 0 spiro atoms. The first kappa shape index (κ1) is 18.4. The maximum atomic E-state index is 5.67. The molecular weight excluding hydrogens is 348 g/mol. The third-order valence-corrected chi connectivity index (χ3v) is 5.27. The second kappa shape index (κ2) is 8.35. The molecule has 0 aliphatic carbocycles. The summed E-state index contributed by atoms with van der Waals surface area (Å²) in [7, 11) is 0. The van der Waals surface area contributed by atoms with E-state index in [2.05, 4.69) is 50.3 Å². The number of nitrogen functional groups attached to an aromatic ring is 1. The lowest BCUT2D eigenvalue weighted by Crippen LogP contribution is -2.20. The molecule has 1 saturated heterocycles. The lowest BCUT2D eigenvalue weighted by atomic mass is 10.1. The van der Waals surface area contributed by atoms with Crippen molar-refractivity contribution in [1.82, 2.24) is 19.9 Å². The minimum atomic E-state index is 0.497. The Bertz CT molecular complexity index is 924. The summed E-state index contributed by atoms with van der Waals surface area (Å²) in [6, 6.07) is 14.0. The largest absolute Gasteiger partial charge is 0.384 e. The van der Waals surface area contributed by atoms with Crippen LogP contribution in [0.5, 0.6) is 0 Å². The molecular formula is C22H26N6. The maximum Gasteiger partial charge on any atom is 0.227 e. The van der Waals surface area contributed by atoms with E-state index in [0.29, 0.717) is 11.8 Å². The Morgan fingerprint density at radius 2 is 2.11 bits per heavy atom. The van der Waals surface area contributed by atoms with E-state index in [9.17, 15) is 0 Å². The van der Waals surface area contributed by atoms with Gasteiger partial charge in [0.25, 0.3) is 0 Å². The number of pyridine rings is 1. The molecule has 3 aromatic rings. The number of nitrogens with zero attached hydrogens (tertiary/aromatic N) is 4. The van der Waals surface area contributed by atoms with E-state index in [-0.39, 0.29) is 0 Å². The molecule has 0 bridgehead atoms. The number of hydrogen-bond donors (Lipinski definition) is 2. The quantitative estimate of drug-likeness (QED) is 0.676. The summed E-state index contributed by atoms with van der Waals surface area (Å²) in [5, 5.41) is 3.32. The van der Waals surface area contributed by atoms with E-state index >= 15 is 0 Å². The third kappa shape index (κ3) is 4.46. The summed E-state index contributed by atoms with van der Waals surface area (Å²) in [5.41, 5.74) is 9.69. The van der Waals surface area contributed by atoms with Gasteiger partial charge in [0.1, 0.15) is 5.82 Å². The lowest BCUT2D eigenvalue weighted by molar-refractivity contribution is 0.315. The molecule has 1 aromatic carbocycles. The normalized spacial score (nSPS) is 17.0. The molecule has 28 heavy (non-hydrogen) atoms. The fraction of sp³-hybridized carbons (Fsp3) is 0.318. The first-order valence-corrected chi connectivity index (χ1v) is 9.83. The zero-order chi connectivity index (χ0) is 19.3. The molecule has 1 aliphatic rings. The molecule has 0 saturated carbocycles. The molecule has 1 aliphatic heterocycles. The molecule has 3 N–H and O–H groups in total. The van der Waals surface area contributed by atoms with Crippen molar-refractivity contribution in [1.29, 1.82) is 0 Å². The number of nitrogens with two attached hydrogens (primary N) is 1. The first-order valence-electron chi connectivity index (χ1n) is 9.83. The van der Waals surface area contributed by atoms with E-state index in [1.165, 1.54) is 31.5 Å².